The second-order valence-electron chi connectivity index (χ2n) is 2.91. The lowest BCUT2D eigenvalue weighted by molar-refractivity contribution is 0.103. The monoisotopic (exact) mass is 180 g/mol. The van der Waals surface area contributed by atoms with Gasteiger partial charge in [-0.05, 0) is 24.3 Å². The quantitative estimate of drug-likeness (QED) is 0.649. The number of carbonyl (C=O) groups is 1. The van der Waals surface area contributed by atoms with Gasteiger partial charge < -0.3 is 0 Å². The second-order valence-corrected chi connectivity index (χ2v) is 2.91. The fraction of sp³-hybridized carbons (Fsp3) is 0. The van der Waals surface area contributed by atoms with E-state index in [2.05, 4.69) is 12.1 Å². The molecule has 0 amide bonds. The van der Waals surface area contributed by atoms with Gasteiger partial charge in [-0.1, -0.05) is 36.4 Å². The second kappa shape index (κ2) is 3.88. The predicted molar refractivity (Wildman–Crippen MR) is 54.0 cm³/mol. The van der Waals surface area contributed by atoms with E-state index in [1.54, 1.807) is 48.5 Å². The summed E-state index contributed by atoms with van der Waals surface area (Å²) in [4.78, 5) is 11.8. The van der Waals surface area contributed by atoms with Crippen LogP contribution in [-0.2, 0) is 0 Å². The van der Waals surface area contributed by atoms with E-state index < -0.39 is 0 Å². The molecule has 1 heteroatoms. The van der Waals surface area contributed by atoms with Crippen molar-refractivity contribution in [2.24, 2.45) is 0 Å². The van der Waals surface area contributed by atoms with Crippen molar-refractivity contribution in [3.8, 4) is 0 Å². The Morgan fingerprint density at radius 3 is 1.79 bits per heavy atom. The highest BCUT2D eigenvalue weighted by Gasteiger charge is 2.06. The molecular formula is C13H8O. The van der Waals surface area contributed by atoms with Crippen LogP contribution in [0.5, 0.6) is 0 Å². The van der Waals surface area contributed by atoms with Gasteiger partial charge in [-0.2, -0.15) is 0 Å². The molecule has 0 aliphatic heterocycles. The summed E-state index contributed by atoms with van der Waals surface area (Å²) in [7, 11) is 0. The van der Waals surface area contributed by atoms with Crippen LogP contribution in [0.4, 0.5) is 0 Å². The largest absolute Gasteiger partial charge is 0.289 e. The minimum absolute atomic E-state index is 0.0127. The van der Waals surface area contributed by atoms with Crippen molar-refractivity contribution in [3.05, 3.63) is 71.8 Å². The summed E-state index contributed by atoms with van der Waals surface area (Å²) in [6, 6.07) is 19.9. The maximum atomic E-state index is 11.8. The lowest BCUT2D eigenvalue weighted by Gasteiger charge is -1.98. The first kappa shape index (κ1) is 8.70. The van der Waals surface area contributed by atoms with Gasteiger partial charge in [-0.25, -0.2) is 0 Å². The van der Waals surface area contributed by atoms with E-state index >= 15 is 0 Å². The molecule has 0 aliphatic carbocycles. The van der Waals surface area contributed by atoms with Gasteiger partial charge in [0.05, 0.1) is 0 Å². The first-order valence-corrected chi connectivity index (χ1v) is 4.35. The summed E-state index contributed by atoms with van der Waals surface area (Å²) < 4.78 is 0. The zero-order valence-electron chi connectivity index (χ0n) is 7.53. The van der Waals surface area contributed by atoms with Crippen LogP contribution in [0, 0.1) is 12.1 Å². The summed E-state index contributed by atoms with van der Waals surface area (Å²) in [6.07, 6.45) is 0. The molecule has 2 aromatic rings. The van der Waals surface area contributed by atoms with Gasteiger partial charge in [-0.3, -0.25) is 4.79 Å². The Kier molecular flexibility index (Phi) is 2.41. The topological polar surface area (TPSA) is 17.1 Å². The van der Waals surface area contributed by atoms with Crippen LogP contribution in [0.15, 0.2) is 48.5 Å². The van der Waals surface area contributed by atoms with Crippen molar-refractivity contribution < 1.29 is 4.79 Å². The van der Waals surface area contributed by atoms with E-state index in [-0.39, 0.29) is 5.78 Å². The first-order valence-electron chi connectivity index (χ1n) is 4.35. The third-order valence-corrected chi connectivity index (χ3v) is 1.94. The molecule has 0 fully saturated rings. The van der Waals surface area contributed by atoms with E-state index in [9.17, 15) is 4.79 Å². The fourth-order valence-electron chi connectivity index (χ4n) is 1.24. The van der Waals surface area contributed by atoms with Crippen molar-refractivity contribution in [2.45, 2.75) is 0 Å². The molecule has 0 aromatic heterocycles. The third-order valence-electron chi connectivity index (χ3n) is 1.94. The number of ketones is 1. The molecule has 0 atom stereocenters. The van der Waals surface area contributed by atoms with E-state index in [1.807, 2.05) is 0 Å². The van der Waals surface area contributed by atoms with E-state index in [0.29, 0.717) is 11.1 Å². The summed E-state index contributed by atoms with van der Waals surface area (Å²) >= 11 is 0. The average Bonchev–Trinajstić information content (AvgIpc) is 2.30. The standard InChI is InChI=1S/C13H8O/c14-13(11-7-3-1-4-8-11)12-9-5-2-6-10-12/h1-3,5,7-10H. The SMILES string of the molecule is O=C(c1c[c]ccc1)c1c[c]ccc1. The van der Waals surface area contributed by atoms with Crippen LogP contribution in [0.2, 0.25) is 0 Å². The van der Waals surface area contributed by atoms with E-state index in [0.717, 1.165) is 0 Å². The average molecular weight is 180 g/mol. The van der Waals surface area contributed by atoms with Crippen molar-refractivity contribution >= 4 is 5.78 Å². The Bertz CT molecular complexity index is 376. The maximum Gasteiger partial charge on any atom is 0.193 e. The molecule has 0 N–H and O–H groups in total. The first-order chi connectivity index (χ1) is 6.88. The number of hydrogen-bond donors (Lipinski definition) is 0. The lowest BCUT2D eigenvalue weighted by atomic mass is 10.0. The van der Waals surface area contributed by atoms with Crippen LogP contribution in [0.25, 0.3) is 0 Å². The van der Waals surface area contributed by atoms with Gasteiger partial charge in [0.1, 0.15) is 0 Å². The molecule has 2 rings (SSSR count). The highest BCUT2D eigenvalue weighted by molar-refractivity contribution is 6.08. The van der Waals surface area contributed by atoms with Crippen molar-refractivity contribution in [3.63, 3.8) is 0 Å². The number of benzene rings is 2. The number of hydrogen-bond acceptors (Lipinski definition) is 1. The highest BCUT2D eigenvalue weighted by atomic mass is 16.1. The fourth-order valence-corrected chi connectivity index (χ4v) is 1.24. The van der Waals surface area contributed by atoms with Gasteiger partial charge in [-0.15, -0.1) is 0 Å². The van der Waals surface area contributed by atoms with Crippen LogP contribution < -0.4 is 0 Å². The van der Waals surface area contributed by atoms with Crippen LogP contribution in [0.3, 0.4) is 0 Å². The maximum absolute atomic E-state index is 11.8. The zero-order valence-corrected chi connectivity index (χ0v) is 7.53. The summed E-state index contributed by atoms with van der Waals surface area (Å²) in [5.74, 6) is 0.0127. The smallest absolute Gasteiger partial charge is 0.193 e. The summed E-state index contributed by atoms with van der Waals surface area (Å²) in [5.41, 5.74) is 1.32. The van der Waals surface area contributed by atoms with Crippen LogP contribution in [0.1, 0.15) is 15.9 Å². The van der Waals surface area contributed by atoms with Gasteiger partial charge in [0.25, 0.3) is 0 Å². The van der Waals surface area contributed by atoms with Crippen molar-refractivity contribution in [2.75, 3.05) is 0 Å². The molecule has 2 radical (unpaired) electrons. The van der Waals surface area contributed by atoms with Gasteiger partial charge >= 0.3 is 0 Å². The molecular weight excluding hydrogens is 172 g/mol. The Balaban J connectivity index is 2.35. The molecule has 0 saturated heterocycles. The summed E-state index contributed by atoms with van der Waals surface area (Å²) in [5, 5.41) is 0. The van der Waals surface area contributed by atoms with Crippen LogP contribution >= 0.6 is 0 Å². The molecule has 0 heterocycles. The minimum atomic E-state index is 0.0127. The molecule has 1 nitrogen and oxygen atoms in total. The van der Waals surface area contributed by atoms with Gasteiger partial charge in [0, 0.05) is 11.1 Å². The van der Waals surface area contributed by atoms with Crippen molar-refractivity contribution in [1.82, 2.24) is 0 Å². The van der Waals surface area contributed by atoms with Gasteiger partial charge in [0.2, 0.25) is 0 Å². The Labute approximate surface area is 83.0 Å². The third kappa shape index (κ3) is 1.72. The number of rotatable bonds is 2. The molecule has 0 aliphatic rings. The number of carbonyl (C=O) groups excluding carboxylic acids is 1. The highest BCUT2D eigenvalue weighted by Crippen LogP contribution is 2.07. The lowest BCUT2D eigenvalue weighted by Crippen LogP contribution is -1.99. The molecule has 0 saturated carbocycles. The zero-order chi connectivity index (χ0) is 9.80. The van der Waals surface area contributed by atoms with E-state index in [1.165, 1.54) is 0 Å². The van der Waals surface area contributed by atoms with Gasteiger partial charge in [0.15, 0.2) is 5.78 Å². The normalized spacial score (nSPS) is 9.71. The molecule has 66 valence electrons. The van der Waals surface area contributed by atoms with E-state index in [4.69, 9.17) is 0 Å². The Morgan fingerprint density at radius 2 is 1.43 bits per heavy atom. The van der Waals surface area contributed by atoms with Crippen molar-refractivity contribution in [1.29, 1.82) is 0 Å². The molecule has 0 unspecified atom stereocenters. The molecule has 0 bridgehead atoms. The summed E-state index contributed by atoms with van der Waals surface area (Å²) in [6.45, 7) is 0. The van der Waals surface area contributed by atoms with Crippen LogP contribution in [-0.4, -0.2) is 5.78 Å². The molecule has 2 aromatic carbocycles. The molecule has 14 heavy (non-hydrogen) atoms. The minimum Gasteiger partial charge on any atom is -0.289 e. The molecule has 0 spiro atoms. The predicted octanol–water partition coefficient (Wildman–Crippen LogP) is 2.52. The Morgan fingerprint density at radius 1 is 0.929 bits per heavy atom. The Hall–Kier alpha value is -1.89.